The van der Waals surface area contributed by atoms with Crippen molar-refractivity contribution in [3.05, 3.63) is 53.7 Å². The summed E-state index contributed by atoms with van der Waals surface area (Å²) in [4.78, 5) is 0. The number of hydrogen-bond donors (Lipinski definition) is 3. The lowest BCUT2D eigenvalue weighted by Gasteiger charge is -2.12. The Morgan fingerprint density at radius 2 is 1.86 bits per heavy atom. The fourth-order valence-electron chi connectivity index (χ4n) is 1.75. The molecule has 3 N–H and O–H groups in total. The SMILES string of the molecule is OCc1ccc(CNCC(O)COc2ccc(F)cc2)o1. The quantitative estimate of drug-likeness (QED) is 0.687. The van der Waals surface area contributed by atoms with Gasteiger partial charge in [0.2, 0.25) is 0 Å². The van der Waals surface area contributed by atoms with Crippen LogP contribution in [0.2, 0.25) is 0 Å². The smallest absolute Gasteiger partial charge is 0.129 e. The largest absolute Gasteiger partial charge is 0.491 e. The van der Waals surface area contributed by atoms with Gasteiger partial charge in [0, 0.05) is 6.54 Å². The van der Waals surface area contributed by atoms with Crippen LogP contribution in [0.25, 0.3) is 0 Å². The maximum Gasteiger partial charge on any atom is 0.129 e. The molecule has 0 aliphatic heterocycles. The topological polar surface area (TPSA) is 74.9 Å². The fraction of sp³-hybridized carbons (Fsp3) is 0.333. The first-order valence-corrected chi connectivity index (χ1v) is 6.63. The molecule has 5 nitrogen and oxygen atoms in total. The number of aliphatic hydroxyl groups is 2. The van der Waals surface area contributed by atoms with E-state index in [4.69, 9.17) is 14.3 Å². The molecule has 1 aromatic heterocycles. The van der Waals surface area contributed by atoms with Crippen LogP contribution in [0.15, 0.2) is 40.8 Å². The molecule has 0 saturated carbocycles. The van der Waals surface area contributed by atoms with Crippen molar-refractivity contribution in [1.82, 2.24) is 5.32 Å². The van der Waals surface area contributed by atoms with Gasteiger partial charge in [0.1, 0.15) is 42.4 Å². The summed E-state index contributed by atoms with van der Waals surface area (Å²) in [6, 6.07) is 9.08. The molecular weight excluding hydrogens is 277 g/mol. The van der Waals surface area contributed by atoms with E-state index < -0.39 is 6.10 Å². The predicted octanol–water partition coefficient (Wildman–Crippen LogP) is 1.44. The van der Waals surface area contributed by atoms with E-state index in [1.165, 1.54) is 24.3 Å². The van der Waals surface area contributed by atoms with Crippen molar-refractivity contribution in [3.63, 3.8) is 0 Å². The van der Waals surface area contributed by atoms with E-state index in [1.54, 1.807) is 12.1 Å². The first kappa shape index (κ1) is 15.5. The molecule has 2 rings (SSSR count). The van der Waals surface area contributed by atoms with Gasteiger partial charge in [-0.1, -0.05) is 0 Å². The summed E-state index contributed by atoms with van der Waals surface area (Å²) >= 11 is 0. The van der Waals surface area contributed by atoms with Crippen LogP contribution in [0.1, 0.15) is 11.5 Å². The minimum atomic E-state index is -0.692. The minimum absolute atomic E-state index is 0.110. The molecule has 0 bridgehead atoms. The summed E-state index contributed by atoms with van der Waals surface area (Å²) in [5.74, 6) is 1.37. The molecule has 2 aromatic rings. The van der Waals surface area contributed by atoms with E-state index >= 15 is 0 Å². The monoisotopic (exact) mass is 295 g/mol. The molecule has 0 aliphatic carbocycles. The molecule has 0 fully saturated rings. The Morgan fingerprint density at radius 1 is 1.14 bits per heavy atom. The van der Waals surface area contributed by atoms with Gasteiger partial charge in [-0.2, -0.15) is 0 Å². The lowest BCUT2D eigenvalue weighted by atomic mass is 10.3. The highest BCUT2D eigenvalue weighted by atomic mass is 19.1. The molecule has 1 heterocycles. The third-order valence-electron chi connectivity index (χ3n) is 2.81. The fourth-order valence-corrected chi connectivity index (χ4v) is 1.75. The lowest BCUT2D eigenvalue weighted by Crippen LogP contribution is -2.31. The second-order valence-electron chi connectivity index (χ2n) is 4.58. The van der Waals surface area contributed by atoms with E-state index in [0.717, 1.165) is 0 Å². The van der Waals surface area contributed by atoms with Gasteiger partial charge < -0.3 is 24.7 Å². The zero-order valence-corrected chi connectivity index (χ0v) is 11.5. The van der Waals surface area contributed by atoms with Crippen molar-refractivity contribution in [2.75, 3.05) is 13.2 Å². The van der Waals surface area contributed by atoms with Gasteiger partial charge >= 0.3 is 0 Å². The van der Waals surface area contributed by atoms with Crippen molar-refractivity contribution < 1.29 is 23.8 Å². The van der Waals surface area contributed by atoms with Crippen molar-refractivity contribution >= 4 is 0 Å². The highest BCUT2D eigenvalue weighted by molar-refractivity contribution is 5.22. The highest BCUT2D eigenvalue weighted by Gasteiger charge is 2.06. The summed E-state index contributed by atoms with van der Waals surface area (Å²) in [5, 5.41) is 21.6. The molecule has 6 heteroatoms. The minimum Gasteiger partial charge on any atom is -0.491 e. The van der Waals surface area contributed by atoms with Crippen LogP contribution in [-0.2, 0) is 13.2 Å². The molecule has 0 spiro atoms. The molecule has 114 valence electrons. The van der Waals surface area contributed by atoms with Crippen LogP contribution in [-0.4, -0.2) is 29.5 Å². The van der Waals surface area contributed by atoms with Crippen molar-refractivity contribution in [1.29, 1.82) is 0 Å². The summed E-state index contributed by atoms with van der Waals surface area (Å²) in [7, 11) is 0. The summed E-state index contributed by atoms with van der Waals surface area (Å²) in [5.41, 5.74) is 0. The Bertz CT molecular complexity index is 541. The molecule has 1 unspecified atom stereocenters. The summed E-state index contributed by atoms with van der Waals surface area (Å²) in [6.07, 6.45) is -0.692. The molecular formula is C15H18FNO4. The zero-order valence-electron chi connectivity index (χ0n) is 11.5. The molecule has 0 aliphatic rings. The van der Waals surface area contributed by atoms with E-state index in [9.17, 15) is 9.50 Å². The van der Waals surface area contributed by atoms with Crippen LogP contribution >= 0.6 is 0 Å². The second-order valence-corrected chi connectivity index (χ2v) is 4.58. The molecule has 1 aromatic carbocycles. The average molecular weight is 295 g/mol. The zero-order chi connectivity index (χ0) is 15.1. The highest BCUT2D eigenvalue weighted by Crippen LogP contribution is 2.11. The first-order chi connectivity index (χ1) is 10.2. The molecule has 21 heavy (non-hydrogen) atoms. The number of furan rings is 1. The van der Waals surface area contributed by atoms with E-state index in [1.807, 2.05) is 0 Å². The Labute approximate surface area is 122 Å². The van der Waals surface area contributed by atoms with Crippen molar-refractivity contribution in [3.8, 4) is 5.75 Å². The molecule has 0 amide bonds. The number of benzene rings is 1. The number of nitrogens with one attached hydrogen (secondary N) is 1. The Hall–Kier alpha value is -1.89. The van der Waals surface area contributed by atoms with Crippen LogP contribution in [0.5, 0.6) is 5.75 Å². The number of aliphatic hydroxyl groups excluding tert-OH is 2. The second kappa shape index (κ2) is 7.78. The van der Waals surface area contributed by atoms with Crippen LogP contribution in [0, 0.1) is 5.82 Å². The number of hydrogen-bond acceptors (Lipinski definition) is 5. The maximum atomic E-state index is 12.7. The summed E-state index contributed by atoms with van der Waals surface area (Å²) in [6.45, 7) is 0.761. The van der Waals surface area contributed by atoms with Gasteiger partial charge in [0.15, 0.2) is 0 Å². The molecule has 0 radical (unpaired) electrons. The lowest BCUT2D eigenvalue weighted by molar-refractivity contribution is 0.105. The van der Waals surface area contributed by atoms with Crippen LogP contribution in [0.4, 0.5) is 4.39 Å². The Kier molecular flexibility index (Phi) is 5.74. The van der Waals surface area contributed by atoms with Gasteiger partial charge in [-0.25, -0.2) is 4.39 Å². The normalized spacial score (nSPS) is 12.3. The molecule has 0 saturated heterocycles. The van der Waals surface area contributed by atoms with Crippen molar-refractivity contribution in [2.24, 2.45) is 0 Å². The van der Waals surface area contributed by atoms with Crippen molar-refractivity contribution in [2.45, 2.75) is 19.3 Å². The third kappa shape index (κ3) is 5.18. The Morgan fingerprint density at radius 3 is 2.52 bits per heavy atom. The van der Waals surface area contributed by atoms with E-state index in [-0.39, 0.29) is 19.0 Å². The van der Waals surface area contributed by atoms with Gasteiger partial charge in [0.25, 0.3) is 0 Å². The number of ether oxygens (including phenoxy) is 1. The predicted molar refractivity (Wildman–Crippen MR) is 74.2 cm³/mol. The van der Waals surface area contributed by atoms with Gasteiger partial charge in [-0.05, 0) is 36.4 Å². The van der Waals surface area contributed by atoms with Crippen LogP contribution in [0.3, 0.4) is 0 Å². The maximum absolute atomic E-state index is 12.7. The number of rotatable bonds is 8. The van der Waals surface area contributed by atoms with Gasteiger partial charge in [-0.3, -0.25) is 0 Å². The van der Waals surface area contributed by atoms with Gasteiger partial charge in [-0.15, -0.1) is 0 Å². The number of halogens is 1. The van der Waals surface area contributed by atoms with Crippen LogP contribution < -0.4 is 10.1 Å². The first-order valence-electron chi connectivity index (χ1n) is 6.63. The standard InChI is InChI=1S/C15H18FNO4/c16-11-1-3-13(4-2-11)20-10-12(19)7-17-8-14-5-6-15(9-18)21-14/h1-6,12,17-19H,7-10H2. The van der Waals surface area contributed by atoms with E-state index in [2.05, 4.69) is 5.32 Å². The molecule has 1 atom stereocenters. The average Bonchev–Trinajstić information content (AvgIpc) is 2.95. The van der Waals surface area contributed by atoms with Gasteiger partial charge in [0.05, 0.1) is 6.54 Å². The Balaban J connectivity index is 1.65. The van der Waals surface area contributed by atoms with E-state index in [0.29, 0.717) is 30.4 Å². The third-order valence-corrected chi connectivity index (χ3v) is 2.81. The summed E-state index contributed by atoms with van der Waals surface area (Å²) < 4.78 is 23.3.